The number of esters is 1. The Hall–Kier alpha value is -3.19. The van der Waals surface area contributed by atoms with Crippen molar-refractivity contribution in [3.05, 3.63) is 30.3 Å². The van der Waals surface area contributed by atoms with Crippen molar-refractivity contribution >= 4 is 33.9 Å². The first kappa shape index (κ1) is 32.0. The number of hydrogen-bond acceptors (Lipinski definition) is 8. The first-order valence-electron chi connectivity index (χ1n) is 13.0. The van der Waals surface area contributed by atoms with Crippen LogP contribution in [0.2, 0.25) is 0 Å². The SMILES string of the molecule is COC(=O)[C@H](CNC(=O)CCC(=O)NCCC1CCN(C(=O)OC(C)(C)C)CC1)NS(=O)(=O)c1ccccc1. The standard InChI is InChI=1S/C26H40N4O8S/c1-26(2,3)38-25(34)30-16-13-19(14-17-30)12-15-27-22(31)10-11-23(32)28-18-21(24(33)37-4)29-39(35,36)20-8-6-5-7-9-20/h5-9,19,21,29H,10-18H2,1-4H3,(H,27,31)(H,28,32)/t21-/m0/s1. The van der Waals surface area contributed by atoms with Gasteiger partial charge >= 0.3 is 12.1 Å². The molecule has 1 aliphatic heterocycles. The Balaban J connectivity index is 1.67. The minimum atomic E-state index is -4.01. The van der Waals surface area contributed by atoms with Gasteiger partial charge in [-0.2, -0.15) is 4.72 Å². The summed E-state index contributed by atoms with van der Waals surface area (Å²) in [6.07, 6.45) is 1.93. The first-order valence-corrected chi connectivity index (χ1v) is 14.5. The van der Waals surface area contributed by atoms with E-state index >= 15 is 0 Å². The van der Waals surface area contributed by atoms with Gasteiger partial charge in [0.15, 0.2) is 0 Å². The number of amides is 3. The van der Waals surface area contributed by atoms with Crippen LogP contribution in [0, 0.1) is 5.92 Å². The Morgan fingerprint density at radius 1 is 1.00 bits per heavy atom. The minimum Gasteiger partial charge on any atom is -0.468 e. The average Bonchev–Trinajstić information content (AvgIpc) is 2.89. The van der Waals surface area contributed by atoms with Crippen molar-refractivity contribution < 1.29 is 37.1 Å². The van der Waals surface area contributed by atoms with Gasteiger partial charge in [0.25, 0.3) is 0 Å². The molecule has 0 unspecified atom stereocenters. The Morgan fingerprint density at radius 3 is 2.15 bits per heavy atom. The maximum Gasteiger partial charge on any atom is 0.410 e. The van der Waals surface area contributed by atoms with Crippen LogP contribution in [0.15, 0.2) is 35.2 Å². The summed E-state index contributed by atoms with van der Waals surface area (Å²) < 4.78 is 37.3. The molecule has 1 aliphatic rings. The number of carbonyl (C=O) groups excluding carboxylic acids is 4. The van der Waals surface area contributed by atoms with Crippen LogP contribution in [0.5, 0.6) is 0 Å². The third kappa shape index (κ3) is 11.6. The molecular formula is C26H40N4O8S. The first-order chi connectivity index (χ1) is 18.3. The largest absolute Gasteiger partial charge is 0.468 e. The molecule has 1 aromatic carbocycles. The number of piperidine rings is 1. The Labute approximate surface area is 230 Å². The number of likely N-dealkylation sites (tertiary alicyclic amines) is 1. The summed E-state index contributed by atoms with van der Waals surface area (Å²) in [4.78, 5) is 50.3. The zero-order chi connectivity index (χ0) is 29.1. The molecule has 1 atom stereocenters. The normalized spacial score (nSPS) is 15.2. The predicted octanol–water partition coefficient (Wildman–Crippen LogP) is 1.56. The zero-order valence-electron chi connectivity index (χ0n) is 23.0. The van der Waals surface area contributed by atoms with Gasteiger partial charge in [0.05, 0.1) is 12.0 Å². The highest BCUT2D eigenvalue weighted by atomic mass is 32.2. The lowest BCUT2D eigenvalue weighted by Gasteiger charge is -2.33. The van der Waals surface area contributed by atoms with E-state index in [-0.39, 0.29) is 36.3 Å². The van der Waals surface area contributed by atoms with Crippen LogP contribution < -0.4 is 15.4 Å². The van der Waals surface area contributed by atoms with Gasteiger partial charge < -0.3 is 25.0 Å². The number of nitrogens with zero attached hydrogens (tertiary/aromatic N) is 1. The fourth-order valence-corrected chi connectivity index (χ4v) is 5.14. The molecule has 0 aromatic heterocycles. The molecule has 0 saturated carbocycles. The summed E-state index contributed by atoms with van der Waals surface area (Å²) in [5, 5.41) is 5.28. The van der Waals surface area contributed by atoms with Crippen LogP contribution in [-0.4, -0.2) is 82.1 Å². The van der Waals surface area contributed by atoms with Crippen molar-refractivity contribution in [2.45, 2.75) is 69.4 Å². The van der Waals surface area contributed by atoms with E-state index in [0.29, 0.717) is 25.6 Å². The van der Waals surface area contributed by atoms with Crippen molar-refractivity contribution in [2.75, 3.05) is 33.3 Å². The van der Waals surface area contributed by atoms with Crippen molar-refractivity contribution in [2.24, 2.45) is 5.92 Å². The van der Waals surface area contributed by atoms with Gasteiger partial charge in [0.1, 0.15) is 11.6 Å². The lowest BCUT2D eigenvalue weighted by Crippen LogP contribution is -2.48. The fraction of sp³-hybridized carbons (Fsp3) is 0.615. The number of methoxy groups -OCH3 is 1. The smallest absolute Gasteiger partial charge is 0.410 e. The van der Waals surface area contributed by atoms with Gasteiger partial charge in [-0.1, -0.05) is 18.2 Å². The van der Waals surface area contributed by atoms with Crippen LogP contribution in [0.25, 0.3) is 0 Å². The van der Waals surface area contributed by atoms with E-state index in [1.54, 1.807) is 23.1 Å². The summed E-state index contributed by atoms with van der Waals surface area (Å²) in [7, 11) is -2.90. The van der Waals surface area contributed by atoms with E-state index in [9.17, 15) is 27.6 Å². The maximum absolute atomic E-state index is 12.5. The molecule has 218 valence electrons. The molecule has 1 aromatic rings. The molecule has 0 bridgehead atoms. The quantitative estimate of drug-likeness (QED) is 0.320. The highest BCUT2D eigenvalue weighted by Gasteiger charge is 2.28. The molecule has 1 saturated heterocycles. The molecule has 12 nitrogen and oxygen atoms in total. The second kappa shape index (κ2) is 14.8. The number of carbonyl (C=O) groups is 4. The lowest BCUT2D eigenvalue weighted by molar-refractivity contribution is -0.142. The Kier molecular flexibility index (Phi) is 12.2. The molecule has 1 fully saturated rings. The van der Waals surface area contributed by atoms with Crippen molar-refractivity contribution in [3.63, 3.8) is 0 Å². The summed E-state index contributed by atoms with van der Waals surface area (Å²) in [5.41, 5.74) is -0.530. The zero-order valence-corrected chi connectivity index (χ0v) is 23.8. The third-order valence-electron chi connectivity index (χ3n) is 6.06. The second-order valence-electron chi connectivity index (χ2n) is 10.4. The van der Waals surface area contributed by atoms with Crippen molar-refractivity contribution in [1.82, 2.24) is 20.3 Å². The molecule has 1 heterocycles. The average molecular weight is 569 g/mol. The molecular weight excluding hydrogens is 528 g/mol. The highest BCUT2D eigenvalue weighted by molar-refractivity contribution is 7.89. The van der Waals surface area contributed by atoms with Gasteiger partial charge in [-0.15, -0.1) is 0 Å². The van der Waals surface area contributed by atoms with E-state index in [1.165, 1.54) is 12.1 Å². The number of nitrogens with one attached hydrogen (secondary N) is 3. The number of rotatable bonds is 12. The minimum absolute atomic E-state index is 0.0319. The Bertz CT molecular complexity index is 1080. The monoisotopic (exact) mass is 568 g/mol. The van der Waals surface area contributed by atoms with Crippen molar-refractivity contribution in [1.29, 1.82) is 0 Å². The van der Waals surface area contributed by atoms with Gasteiger partial charge in [0.2, 0.25) is 21.8 Å². The lowest BCUT2D eigenvalue weighted by atomic mass is 9.94. The second-order valence-corrected chi connectivity index (χ2v) is 12.1. The van der Waals surface area contributed by atoms with Crippen LogP contribution in [0.4, 0.5) is 4.79 Å². The van der Waals surface area contributed by atoms with Gasteiger partial charge in [0, 0.05) is 39.0 Å². The van der Waals surface area contributed by atoms with E-state index < -0.39 is 33.5 Å². The summed E-state index contributed by atoms with van der Waals surface area (Å²) in [5.74, 6) is -1.27. The third-order valence-corrected chi connectivity index (χ3v) is 7.55. The molecule has 39 heavy (non-hydrogen) atoms. The van der Waals surface area contributed by atoms with Gasteiger partial charge in [-0.3, -0.25) is 14.4 Å². The summed E-state index contributed by atoms with van der Waals surface area (Å²) in [6.45, 7) is 6.86. The highest BCUT2D eigenvalue weighted by Crippen LogP contribution is 2.22. The number of hydrogen-bond donors (Lipinski definition) is 3. The fourth-order valence-electron chi connectivity index (χ4n) is 3.94. The van der Waals surface area contributed by atoms with E-state index in [2.05, 4.69) is 20.1 Å². The number of ether oxygens (including phenoxy) is 2. The van der Waals surface area contributed by atoms with Gasteiger partial charge in [-0.25, -0.2) is 13.2 Å². The molecule has 2 rings (SSSR count). The maximum atomic E-state index is 12.5. The summed E-state index contributed by atoms with van der Waals surface area (Å²) in [6, 6.07) is 6.17. The van der Waals surface area contributed by atoms with E-state index in [1.807, 2.05) is 20.8 Å². The van der Waals surface area contributed by atoms with Crippen LogP contribution in [-0.2, 0) is 33.9 Å². The molecule has 3 N–H and O–H groups in total. The molecule has 3 amide bonds. The van der Waals surface area contributed by atoms with Crippen molar-refractivity contribution in [3.8, 4) is 0 Å². The number of benzene rings is 1. The molecule has 0 radical (unpaired) electrons. The van der Waals surface area contributed by atoms with Crippen LogP contribution in [0.1, 0.15) is 52.9 Å². The van der Waals surface area contributed by atoms with E-state index in [4.69, 9.17) is 4.74 Å². The molecule has 0 aliphatic carbocycles. The number of sulfonamides is 1. The summed E-state index contributed by atoms with van der Waals surface area (Å²) >= 11 is 0. The topological polar surface area (TPSA) is 160 Å². The Morgan fingerprint density at radius 2 is 1.59 bits per heavy atom. The molecule has 13 heteroatoms. The van der Waals surface area contributed by atoms with Crippen LogP contribution in [0.3, 0.4) is 0 Å². The van der Waals surface area contributed by atoms with E-state index in [0.717, 1.165) is 26.4 Å². The van der Waals surface area contributed by atoms with Gasteiger partial charge in [-0.05, 0) is 58.1 Å². The predicted molar refractivity (Wildman–Crippen MR) is 143 cm³/mol. The van der Waals surface area contributed by atoms with Crippen LogP contribution >= 0.6 is 0 Å². The molecule has 0 spiro atoms.